The molecule has 1 aliphatic heterocycles. The Labute approximate surface area is 113 Å². The van der Waals surface area contributed by atoms with E-state index in [2.05, 4.69) is 12.2 Å². The lowest BCUT2D eigenvalue weighted by molar-refractivity contribution is -0.133. The summed E-state index contributed by atoms with van der Waals surface area (Å²) in [7, 11) is 0. The van der Waals surface area contributed by atoms with E-state index < -0.39 is 0 Å². The molecule has 1 fully saturated rings. The summed E-state index contributed by atoms with van der Waals surface area (Å²) in [6.45, 7) is 5.72. The predicted octanol–water partition coefficient (Wildman–Crippen LogP) is 2.88. The number of halogens is 1. The highest BCUT2D eigenvalue weighted by Gasteiger charge is 2.24. The molecule has 1 saturated heterocycles. The second-order valence-corrected chi connectivity index (χ2v) is 5.40. The van der Waals surface area contributed by atoms with Crippen molar-refractivity contribution in [2.24, 2.45) is 5.92 Å². The summed E-state index contributed by atoms with van der Waals surface area (Å²) >= 11 is 0. The van der Waals surface area contributed by atoms with Crippen LogP contribution in [0.3, 0.4) is 0 Å². The second-order valence-electron chi connectivity index (χ2n) is 5.40. The van der Waals surface area contributed by atoms with Crippen molar-refractivity contribution in [1.82, 2.24) is 4.90 Å². The predicted molar refractivity (Wildman–Crippen MR) is 74.5 cm³/mol. The number of amides is 1. The van der Waals surface area contributed by atoms with Gasteiger partial charge in [-0.1, -0.05) is 6.92 Å². The summed E-state index contributed by atoms with van der Waals surface area (Å²) < 4.78 is 12.8. The van der Waals surface area contributed by atoms with E-state index in [1.165, 1.54) is 18.6 Å². The molecule has 104 valence electrons. The smallest absolute Gasteiger partial charge is 0.244 e. The molecule has 4 heteroatoms. The highest BCUT2D eigenvalue weighted by molar-refractivity contribution is 5.84. The van der Waals surface area contributed by atoms with Crippen molar-refractivity contribution in [3.05, 3.63) is 30.1 Å². The van der Waals surface area contributed by atoms with E-state index in [9.17, 15) is 9.18 Å². The molecule has 1 aromatic rings. The number of hydrogen-bond donors (Lipinski definition) is 1. The largest absolute Gasteiger partial charge is 0.374 e. The molecule has 0 saturated carbocycles. The van der Waals surface area contributed by atoms with Crippen LogP contribution in [0.25, 0.3) is 0 Å². The molecular formula is C15H21FN2O. The van der Waals surface area contributed by atoms with Crippen molar-refractivity contribution in [2.75, 3.05) is 18.4 Å². The van der Waals surface area contributed by atoms with E-state index in [0.717, 1.165) is 25.2 Å². The number of nitrogens with one attached hydrogen (secondary N) is 1. The van der Waals surface area contributed by atoms with Gasteiger partial charge in [0.1, 0.15) is 11.9 Å². The summed E-state index contributed by atoms with van der Waals surface area (Å²) in [4.78, 5) is 14.2. The molecule has 1 amide bonds. The van der Waals surface area contributed by atoms with Gasteiger partial charge in [-0.3, -0.25) is 4.79 Å². The number of carbonyl (C=O) groups is 1. The van der Waals surface area contributed by atoms with Crippen LogP contribution in [0, 0.1) is 11.7 Å². The molecule has 2 rings (SSSR count). The molecule has 1 heterocycles. The van der Waals surface area contributed by atoms with Crippen molar-refractivity contribution >= 4 is 11.6 Å². The Morgan fingerprint density at radius 2 is 2.11 bits per heavy atom. The topological polar surface area (TPSA) is 32.3 Å². The van der Waals surface area contributed by atoms with Crippen LogP contribution in [0.1, 0.15) is 26.7 Å². The van der Waals surface area contributed by atoms with Crippen molar-refractivity contribution in [3.8, 4) is 0 Å². The van der Waals surface area contributed by atoms with Crippen LogP contribution >= 0.6 is 0 Å². The minimum absolute atomic E-state index is 0.121. The first-order valence-corrected chi connectivity index (χ1v) is 6.87. The molecule has 2 atom stereocenters. The van der Waals surface area contributed by atoms with E-state index in [1.54, 1.807) is 12.1 Å². The fourth-order valence-corrected chi connectivity index (χ4v) is 2.52. The second kappa shape index (κ2) is 6.04. The molecule has 3 nitrogen and oxygen atoms in total. The first-order valence-electron chi connectivity index (χ1n) is 6.87. The van der Waals surface area contributed by atoms with Gasteiger partial charge in [-0.25, -0.2) is 4.39 Å². The quantitative estimate of drug-likeness (QED) is 0.910. The third-order valence-electron chi connectivity index (χ3n) is 3.57. The maximum atomic E-state index is 12.8. The minimum Gasteiger partial charge on any atom is -0.374 e. The first kappa shape index (κ1) is 13.8. The molecule has 19 heavy (non-hydrogen) atoms. The van der Waals surface area contributed by atoms with Crippen LogP contribution in [0.2, 0.25) is 0 Å². The summed E-state index contributed by atoms with van der Waals surface area (Å²) in [6, 6.07) is 5.80. The van der Waals surface area contributed by atoms with Gasteiger partial charge in [-0.15, -0.1) is 0 Å². The van der Waals surface area contributed by atoms with Crippen molar-refractivity contribution < 1.29 is 9.18 Å². The zero-order valence-electron chi connectivity index (χ0n) is 11.5. The SMILES string of the molecule is CC1CCCN(C(=O)C(C)Nc2ccc(F)cc2)C1. The molecule has 0 aliphatic carbocycles. The van der Waals surface area contributed by atoms with Gasteiger partial charge in [-0.05, 0) is 49.9 Å². The Bertz CT molecular complexity index is 432. The Morgan fingerprint density at radius 3 is 2.74 bits per heavy atom. The third kappa shape index (κ3) is 3.69. The number of piperidine rings is 1. The number of nitrogens with zero attached hydrogens (tertiary/aromatic N) is 1. The van der Waals surface area contributed by atoms with Crippen molar-refractivity contribution in [1.29, 1.82) is 0 Å². The molecule has 0 bridgehead atoms. The fraction of sp³-hybridized carbons (Fsp3) is 0.533. The average Bonchev–Trinajstić information content (AvgIpc) is 2.40. The van der Waals surface area contributed by atoms with Crippen LogP contribution in [0.4, 0.5) is 10.1 Å². The lowest BCUT2D eigenvalue weighted by Crippen LogP contribution is -2.45. The summed E-state index contributed by atoms with van der Waals surface area (Å²) in [5, 5.41) is 3.12. The zero-order chi connectivity index (χ0) is 13.8. The highest BCUT2D eigenvalue weighted by Crippen LogP contribution is 2.17. The van der Waals surface area contributed by atoms with Crippen LogP contribution in [-0.2, 0) is 4.79 Å². The van der Waals surface area contributed by atoms with Gasteiger partial charge < -0.3 is 10.2 Å². The Morgan fingerprint density at radius 1 is 1.42 bits per heavy atom. The van der Waals surface area contributed by atoms with Gasteiger partial charge in [-0.2, -0.15) is 0 Å². The number of anilines is 1. The number of benzene rings is 1. The molecule has 2 unspecified atom stereocenters. The van der Waals surface area contributed by atoms with Gasteiger partial charge >= 0.3 is 0 Å². The van der Waals surface area contributed by atoms with E-state index in [1.807, 2.05) is 11.8 Å². The molecule has 0 spiro atoms. The van der Waals surface area contributed by atoms with E-state index >= 15 is 0 Å². The minimum atomic E-state index is -0.282. The Hall–Kier alpha value is -1.58. The van der Waals surface area contributed by atoms with Gasteiger partial charge in [0, 0.05) is 18.8 Å². The van der Waals surface area contributed by atoms with Crippen LogP contribution in [0.15, 0.2) is 24.3 Å². The summed E-state index contributed by atoms with van der Waals surface area (Å²) in [5.41, 5.74) is 0.771. The Balaban J connectivity index is 1.93. The van der Waals surface area contributed by atoms with Crippen LogP contribution in [0.5, 0.6) is 0 Å². The molecule has 0 radical (unpaired) electrons. The molecule has 1 N–H and O–H groups in total. The number of likely N-dealkylation sites (tertiary alicyclic amines) is 1. The lowest BCUT2D eigenvalue weighted by atomic mass is 10.00. The third-order valence-corrected chi connectivity index (χ3v) is 3.57. The van der Waals surface area contributed by atoms with Crippen molar-refractivity contribution in [2.45, 2.75) is 32.7 Å². The van der Waals surface area contributed by atoms with Gasteiger partial charge in [0.2, 0.25) is 5.91 Å². The van der Waals surface area contributed by atoms with Crippen LogP contribution in [-0.4, -0.2) is 29.9 Å². The van der Waals surface area contributed by atoms with E-state index in [-0.39, 0.29) is 17.8 Å². The molecule has 0 aromatic heterocycles. The standard InChI is InChI=1S/C15H21FN2O/c1-11-4-3-9-18(10-11)15(19)12(2)17-14-7-5-13(16)6-8-14/h5-8,11-12,17H,3-4,9-10H2,1-2H3. The zero-order valence-corrected chi connectivity index (χ0v) is 11.5. The summed E-state index contributed by atoms with van der Waals surface area (Å²) in [5.74, 6) is 0.431. The highest BCUT2D eigenvalue weighted by atomic mass is 19.1. The monoisotopic (exact) mass is 264 g/mol. The lowest BCUT2D eigenvalue weighted by Gasteiger charge is -2.33. The van der Waals surface area contributed by atoms with Gasteiger partial charge in [0.25, 0.3) is 0 Å². The van der Waals surface area contributed by atoms with Gasteiger partial charge in [0.15, 0.2) is 0 Å². The number of rotatable bonds is 3. The maximum Gasteiger partial charge on any atom is 0.244 e. The molecule has 1 aromatic carbocycles. The van der Waals surface area contributed by atoms with Gasteiger partial charge in [0.05, 0.1) is 0 Å². The Kier molecular flexibility index (Phi) is 4.40. The summed E-state index contributed by atoms with van der Waals surface area (Å²) in [6.07, 6.45) is 2.28. The average molecular weight is 264 g/mol. The molecular weight excluding hydrogens is 243 g/mol. The first-order chi connectivity index (χ1) is 9.06. The maximum absolute atomic E-state index is 12.8. The van der Waals surface area contributed by atoms with E-state index in [0.29, 0.717) is 5.92 Å². The number of carbonyl (C=O) groups excluding carboxylic acids is 1. The van der Waals surface area contributed by atoms with Crippen LogP contribution < -0.4 is 5.32 Å². The van der Waals surface area contributed by atoms with E-state index in [4.69, 9.17) is 0 Å². The normalized spacial score (nSPS) is 21.0. The van der Waals surface area contributed by atoms with Crippen molar-refractivity contribution in [3.63, 3.8) is 0 Å². The fourth-order valence-electron chi connectivity index (χ4n) is 2.52. The number of hydrogen-bond acceptors (Lipinski definition) is 2. The molecule has 1 aliphatic rings.